The van der Waals surface area contributed by atoms with Gasteiger partial charge in [0.05, 0.1) is 6.34 Å². The molecule has 2 aliphatic rings. The lowest BCUT2D eigenvalue weighted by molar-refractivity contribution is 0.441. The van der Waals surface area contributed by atoms with E-state index in [2.05, 4.69) is 17.5 Å². The summed E-state index contributed by atoms with van der Waals surface area (Å²) in [5, 5.41) is 10.8. The third-order valence-corrected chi connectivity index (χ3v) is 4.50. The zero-order valence-electron chi connectivity index (χ0n) is 13.7. The Morgan fingerprint density at radius 2 is 2.00 bits per heavy atom. The third-order valence-electron chi connectivity index (χ3n) is 4.50. The molecule has 0 fully saturated rings. The highest BCUT2D eigenvalue weighted by atomic mass is 19.2. The summed E-state index contributed by atoms with van der Waals surface area (Å²) in [5.41, 5.74) is 3.09. The number of nitrogens with one attached hydrogen (secondary N) is 2. The monoisotopic (exact) mass is 347 g/mol. The smallest absolute Gasteiger partial charge is 0.194 e. The molecule has 25 heavy (non-hydrogen) atoms. The van der Waals surface area contributed by atoms with Gasteiger partial charge in [0, 0.05) is 25.2 Å². The zero-order chi connectivity index (χ0) is 17.8. The van der Waals surface area contributed by atoms with Gasteiger partial charge >= 0.3 is 0 Å². The molecule has 1 aromatic carbocycles. The lowest BCUT2D eigenvalue weighted by Crippen LogP contribution is -2.26. The van der Waals surface area contributed by atoms with Crippen LogP contribution in [0.1, 0.15) is 18.4 Å². The lowest BCUT2D eigenvalue weighted by Gasteiger charge is -2.25. The summed E-state index contributed by atoms with van der Waals surface area (Å²) in [6.45, 7) is 2.01. The van der Waals surface area contributed by atoms with E-state index in [1.165, 1.54) is 16.0 Å². The maximum absolute atomic E-state index is 13.3. The molecule has 1 heterocycles. The fourth-order valence-electron chi connectivity index (χ4n) is 3.15. The molecule has 0 bridgehead atoms. The zero-order valence-corrected chi connectivity index (χ0v) is 13.7. The van der Waals surface area contributed by atoms with Gasteiger partial charge in [0.2, 0.25) is 0 Å². The molecule has 1 aromatic rings. The number of allylic oxidation sites excluding steroid dienone is 2. The predicted molar refractivity (Wildman–Crippen MR) is 91.5 cm³/mol. The van der Waals surface area contributed by atoms with Crippen molar-refractivity contribution in [2.24, 2.45) is 5.92 Å². The van der Waals surface area contributed by atoms with Crippen LogP contribution in [0, 0.1) is 28.8 Å². The maximum atomic E-state index is 13.3. The van der Waals surface area contributed by atoms with Gasteiger partial charge in [0.25, 0.3) is 0 Å². The summed E-state index contributed by atoms with van der Waals surface area (Å²) in [7, 11) is 0. The minimum Gasteiger partial charge on any atom is -0.335 e. The standard InChI is InChI=1S/C19H20F3N3/c20-17-8-14(9-18(21)19(17)22)11-25(12-23)6-4-13-1-2-16-10-24-5-3-15(16)7-13/h1-2,4,6,8-9,12-13,23-24H,3,5,7,10-11H2/b6-4+,23-12?. The topological polar surface area (TPSA) is 39.1 Å². The van der Waals surface area contributed by atoms with E-state index >= 15 is 0 Å². The van der Waals surface area contributed by atoms with Gasteiger partial charge in [-0.05, 0) is 42.7 Å². The second-order valence-corrected chi connectivity index (χ2v) is 6.30. The van der Waals surface area contributed by atoms with E-state index in [1.54, 1.807) is 6.20 Å². The first-order valence-corrected chi connectivity index (χ1v) is 8.24. The molecule has 1 unspecified atom stereocenters. The molecule has 0 amide bonds. The van der Waals surface area contributed by atoms with Gasteiger partial charge in [0.1, 0.15) is 0 Å². The molecule has 0 saturated carbocycles. The van der Waals surface area contributed by atoms with E-state index in [4.69, 9.17) is 5.41 Å². The Morgan fingerprint density at radius 1 is 1.24 bits per heavy atom. The van der Waals surface area contributed by atoms with Crippen molar-refractivity contribution >= 4 is 6.34 Å². The van der Waals surface area contributed by atoms with Gasteiger partial charge in [-0.15, -0.1) is 0 Å². The van der Waals surface area contributed by atoms with Crippen LogP contribution in [0.25, 0.3) is 0 Å². The molecule has 0 saturated heterocycles. The fraction of sp³-hybridized carbons (Fsp3) is 0.316. The van der Waals surface area contributed by atoms with Crippen LogP contribution in [-0.2, 0) is 6.54 Å². The first kappa shape index (κ1) is 17.5. The minimum absolute atomic E-state index is 0.0996. The average molecular weight is 347 g/mol. The Labute approximate surface area is 145 Å². The number of nitrogens with zero attached hydrogens (tertiary/aromatic N) is 1. The van der Waals surface area contributed by atoms with Crippen LogP contribution in [0.15, 0.2) is 47.7 Å². The molecule has 2 N–H and O–H groups in total. The molecular weight excluding hydrogens is 327 g/mol. The van der Waals surface area contributed by atoms with Crippen molar-refractivity contribution in [3.63, 3.8) is 0 Å². The lowest BCUT2D eigenvalue weighted by atomic mass is 9.86. The maximum Gasteiger partial charge on any atom is 0.194 e. The molecule has 1 aliphatic carbocycles. The number of benzene rings is 1. The molecule has 1 aliphatic heterocycles. The molecule has 1 atom stereocenters. The van der Waals surface area contributed by atoms with E-state index in [-0.39, 0.29) is 18.0 Å². The van der Waals surface area contributed by atoms with E-state index in [9.17, 15) is 13.2 Å². The van der Waals surface area contributed by atoms with Crippen LogP contribution in [0.4, 0.5) is 13.2 Å². The molecule has 3 nitrogen and oxygen atoms in total. The van der Waals surface area contributed by atoms with Crippen molar-refractivity contribution in [3.8, 4) is 0 Å². The second-order valence-electron chi connectivity index (χ2n) is 6.30. The molecule has 3 rings (SSSR count). The second kappa shape index (κ2) is 7.70. The van der Waals surface area contributed by atoms with Gasteiger partial charge in [-0.1, -0.05) is 23.8 Å². The highest BCUT2D eigenvalue weighted by molar-refractivity contribution is 5.52. The molecule has 0 aromatic heterocycles. The summed E-state index contributed by atoms with van der Waals surface area (Å²) in [6.07, 6.45) is 11.1. The number of hydrogen-bond donors (Lipinski definition) is 2. The summed E-state index contributed by atoms with van der Waals surface area (Å²) < 4.78 is 39.6. The summed E-state index contributed by atoms with van der Waals surface area (Å²) in [4.78, 5) is 1.51. The third kappa shape index (κ3) is 4.20. The Balaban J connectivity index is 1.65. The largest absolute Gasteiger partial charge is 0.335 e. The predicted octanol–water partition coefficient (Wildman–Crippen LogP) is 3.89. The summed E-state index contributed by atoms with van der Waals surface area (Å²) >= 11 is 0. The highest BCUT2D eigenvalue weighted by Crippen LogP contribution is 2.28. The normalized spacial score (nSPS) is 20.0. The van der Waals surface area contributed by atoms with Gasteiger partial charge in [-0.2, -0.15) is 0 Å². The first-order chi connectivity index (χ1) is 12.1. The van der Waals surface area contributed by atoms with Crippen LogP contribution < -0.4 is 5.32 Å². The van der Waals surface area contributed by atoms with Crippen LogP contribution in [0.2, 0.25) is 0 Å². The molecule has 132 valence electrons. The minimum atomic E-state index is -1.47. The van der Waals surface area contributed by atoms with Crippen LogP contribution >= 0.6 is 0 Å². The van der Waals surface area contributed by atoms with Crippen molar-refractivity contribution in [1.29, 1.82) is 5.41 Å². The van der Waals surface area contributed by atoms with Gasteiger partial charge in [-0.3, -0.25) is 5.41 Å². The highest BCUT2D eigenvalue weighted by Gasteiger charge is 2.17. The van der Waals surface area contributed by atoms with Crippen molar-refractivity contribution in [2.75, 3.05) is 13.1 Å². The van der Waals surface area contributed by atoms with E-state index < -0.39 is 17.5 Å². The van der Waals surface area contributed by atoms with Gasteiger partial charge in [-0.25, -0.2) is 13.2 Å². The molecule has 0 spiro atoms. The van der Waals surface area contributed by atoms with E-state index in [1.807, 2.05) is 6.08 Å². The van der Waals surface area contributed by atoms with Crippen molar-refractivity contribution in [2.45, 2.75) is 19.4 Å². The summed E-state index contributed by atoms with van der Waals surface area (Å²) in [6, 6.07) is 1.91. The Kier molecular flexibility index (Phi) is 5.38. The number of rotatable bonds is 5. The molecule has 6 heteroatoms. The van der Waals surface area contributed by atoms with Crippen molar-refractivity contribution in [1.82, 2.24) is 10.2 Å². The Hall–Kier alpha value is -2.34. The molecular formula is C19H20F3N3. The van der Waals surface area contributed by atoms with Crippen LogP contribution in [0.5, 0.6) is 0 Å². The Bertz CT molecular complexity index is 729. The average Bonchev–Trinajstić information content (AvgIpc) is 2.62. The molecule has 0 radical (unpaired) electrons. The van der Waals surface area contributed by atoms with E-state index in [0.29, 0.717) is 0 Å². The van der Waals surface area contributed by atoms with Gasteiger partial charge in [0.15, 0.2) is 17.5 Å². The van der Waals surface area contributed by atoms with Crippen molar-refractivity contribution in [3.05, 3.63) is 70.7 Å². The van der Waals surface area contributed by atoms with Gasteiger partial charge < -0.3 is 10.2 Å². The van der Waals surface area contributed by atoms with Crippen molar-refractivity contribution < 1.29 is 13.2 Å². The van der Waals surface area contributed by atoms with Crippen LogP contribution in [0.3, 0.4) is 0 Å². The summed E-state index contributed by atoms with van der Waals surface area (Å²) in [5.74, 6) is -3.67. The Morgan fingerprint density at radius 3 is 2.72 bits per heavy atom. The van der Waals surface area contributed by atoms with Crippen LogP contribution in [-0.4, -0.2) is 24.3 Å². The SMILES string of the molecule is N=CN(/C=C/C1C=CC2=C(CCNC2)C1)Cc1cc(F)c(F)c(F)c1. The first-order valence-electron chi connectivity index (χ1n) is 8.24. The van der Waals surface area contributed by atoms with E-state index in [0.717, 1.165) is 44.4 Å². The fourth-order valence-corrected chi connectivity index (χ4v) is 3.15. The number of halogens is 3. The quantitative estimate of drug-likeness (QED) is 0.482. The number of hydrogen-bond acceptors (Lipinski definition) is 2.